The number of hydrogen-bond acceptors (Lipinski definition) is 2. The fourth-order valence-corrected chi connectivity index (χ4v) is 3.85. The van der Waals surface area contributed by atoms with Crippen molar-refractivity contribution in [1.29, 1.82) is 0 Å². The largest absolute Gasteiger partial charge is 0.312 e. The second kappa shape index (κ2) is 12.8. The van der Waals surface area contributed by atoms with Gasteiger partial charge in [-0.3, -0.25) is 0 Å². The number of hydrogen-bond donors (Lipinski definition) is 1. The summed E-state index contributed by atoms with van der Waals surface area (Å²) in [6, 6.07) is 4.32. The van der Waals surface area contributed by atoms with Gasteiger partial charge in [-0.2, -0.15) is 0 Å². The lowest BCUT2D eigenvalue weighted by Gasteiger charge is -2.04. The first-order chi connectivity index (χ1) is 9.83. The molecule has 0 saturated heterocycles. The van der Waals surface area contributed by atoms with Crippen LogP contribution in [0.25, 0.3) is 0 Å². The zero-order valence-corrected chi connectivity index (χ0v) is 15.3. The molecule has 0 bridgehead atoms. The maximum atomic E-state index is 3.53. The van der Waals surface area contributed by atoms with Crippen molar-refractivity contribution >= 4 is 27.3 Å². The highest BCUT2D eigenvalue weighted by Gasteiger charge is 1.97. The van der Waals surface area contributed by atoms with Gasteiger partial charge < -0.3 is 5.32 Å². The van der Waals surface area contributed by atoms with Gasteiger partial charge in [0, 0.05) is 11.4 Å². The van der Waals surface area contributed by atoms with Crippen LogP contribution in [0.15, 0.2) is 15.9 Å². The van der Waals surface area contributed by atoms with Gasteiger partial charge >= 0.3 is 0 Å². The fraction of sp³-hybridized carbons (Fsp3) is 0.765. The highest BCUT2D eigenvalue weighted by Crippen LogP contribution is 2.21. The zero-order chi connectivity index (χ0) is 14.5. The SMILES string of the molecule is CCCCCCCCCCCCNCc1ccc(Br)s1. The monoisotopic (exact) mass is 359 g/mol. The van der Waals surface area contributed by atoms with Gasteiger partial charge in [0.15, 0.2) is 0 Å². The van der Waals surface area contributed by atoms with Crippen molar-refractivity contribution in [1.82, 2.24) is 5.32 Å². The Labute approximate surface area is 137 Å². The van der Waals surface area contributed by atoms with E-state index in [2.05, 4.69) is 40.3 Å². The summed E-state index contributed by atoms with van der Waals surface area (Å²) in [4.78, 5) is 1.42. The summed E-state index contributed by atoms with van der Waals surface area (Å²) in [5.74, 6) is 0. The molecule has 0 aromatic carbocycles. The van der Waals surface area contributed by atoms with Crippen LogP contribution >= 0.6 is 27.3 Å². The third kappa shape index (κ3) is 9.95. The van der Waals surface area contributed by atoms with E-state index < -0.39 is 0 Å². The zero-order valence-electron chi connectivity index (χ0n) is 12.9. The highest BCUT2D eigenvalue weighted by atomic mass is 79.9. The molecule has 1 aromatic rings. The fourth-order valence-electron chi connectivity index (χ4n) is 2.40. The van der Waals surface area contributed by atoms with Crippen molar-refractivity contribution in [2.24, 2.45) is 0 Å². The molecule has 0 aliphatic rings. The van der Waals surface area contributed by atoms with Crippen LogP contribution in [-0.4, -0.2) is 6.54 Å². The van der Waals surface area contributed by atoms with E-state index in [1.807, 2.05) is 11.3 Å². The number of halogens is 1. The molecule has 0 amide bonds. The second-order valence-corrected chi connectivity index (χ2v) is 8.11. The van der Waals surface area contributed by atoms with Gasteiger partial charge in [0.25, 0.3) is 0 Å². The summed E-state index contributed by atoms with van der Waals surface area (Å²) in [6.07, 6.45) is 14.1. The van der Waals surface area contributed by atoms with Gasteiger partial charge in [-0.05, 0) is 41.0 Å². The summed E-state index contributed by atoms with van der Waals surface area (Å²) in [5, 5.41) is 3.53. The number of unbranched alkanes of at least 4 members (excludes halogenated alkanes) is 9. The quantitative estimate of drug-likeness (QED) is 0.395. The lowest BCUT2D eigenvalue weighted by atomic mass is 10.1. The molecule has 1 heterocycles. The van der Waals surface area contributed by atoms with Crippen LogP contribution in [0.1, 0.15) is 76.0 Å². The summed E-state index contributed by atoms with van der Waals surface area (Å²) >= 11 is 5.33. The van der Waals surface area contributed by atoms with Crippen LogP contribution in [0.3, 0.4) is 0 Å². The predicted octanol–water partition coefficient (Wildman–Crippen LogP) is 6.52. The second-order valence-electron chi connectivity index (χ2n) is 5.56. The Morgan fingerprint density at radius 1 is 0.900 bits per heavy atom. The smallest absolute Gasteiger partial charge is 0.0701 e. The molecule has 0 atom stereocenters. The van der Waals surface area contributed by atoms with E-state index in [1.54, 1.807) is 0 Å². The standard InChI is InChI=1S/C17H30BrNS/c1-2-3-4-5-6-7-8-9-10-11-14-19-15-16-12-13-17(18)20-16/h12-13,19H,2-11,14-15H2,1H3. The lowest BCUT2D eigenvalue weighted by molar-refractivity contribution is 0.544. The van der Waals surface area contributed by atoms with E-state index >= 15 is 0 Å². The van der Waals surface area contributed by atoms with Crippen LogP contribution in [0.5, 0.6) is 0 Å². The number of nitrogens with one attached hydrogen (secondary N) is 1. The Kier molecular flexibility index (Phi) is 11.7. The van der Waals surface area contributed by atoms with Crippen molar-refractivity contribution < 1.29 is 0 Å². The summed E-state index contributed by atoms with van der Waals surface area (Å²) in [5.41, 5.74) is 0. The molecule has 0 saturated carbocycles. The maximum Gasteiger partial charge on any atom is 0.0701 e. The van der Waals surface area contributed by atoms with Gasteiger partial charge in [-0.15, -0.1) is 11.3 Å². The van der Waals surface area contributed by atoms with E-state index in [0.717, 1.165) is 13.1 Å². The molecule has 1 aromatic heterocycles. The average molecular weight is 360 g/mol. The van der Waals surface area contributed by atoms with Crippen molar-refractivity contribution in [2.75, 3.05) is 6.54 Å². The van der Waals surface area contributed by atoms with Crippen molar-refractivity contribution in [3.63, 3.8) is 0 Å². The molecular weight excluding hydrogens is 330 g/mol. The summed E-state index contributed by atoms with van der Waals surface area (Å²) in [7, 11) is 0. The molecule has 0 fully saturated rings. The van der Waals surface area contributed by atoms with Gasteiger partial charge in [-0.25, -0.2) is 0 Å². The van der Waals surface area contributed by atoms with E-state index in [9.17, 15) is 0 Å². The van der Waals surface area contributed by atoms with Crippen molar-refractivity contribution in [3.05, 3.63) is 20.8 Å². The predicted molar refractivity (Wildman–Crippen MR) is 95.6 cm³/mol. The molecule has 20 heavy (non-hydrogen) atoms. The normalized spacial score (nSPS) is 11.1. The molecule has 3 heteroatoms. The van der Waals surface area contributed by atoms with Crippen molar-refractivity contribution in [3.8, 4) is 0 Å². The van der Waals surface area contributed by atoms with Crippen LogP contribution in [-0.2, 0) is 6.54 Å². The molecule has 1 nitrogen and oxygen atoms in total. The average Bonchev–Trinajstić information content (AvgIpc) is 2.86. The summed E-state index contributed by atoms with van der Waals surface area (Å²) < 4.78 is 1.23. The number of rotatable bonds is 13. The first-order valence-corrected chi connectivity index (χ1v) is 9.89. The Balaban J connectivity index is 1.76. The Morgan fingerprint density at radius 2 is 1.50 bits per heavy atom. The molecule has 0 aliphatic heterocycles. The molecule has 0 aliphatic carbocycles. The Hall–Kier alpha value is 0.140. The van der Waals surface area contributed by atoms with Crippen LogP contribution in [0.4, 0.5) is 0 Å². The maximum absolute atomic E-state index is 3.53. The molecular formula is C17H30BrNS. The van der Waals surface area contributed by atoms with Gasteiger partial charge in [0.2, 0.25) is 0 Å². The third-order valence-corrected chi connectivity index (χ3v) is 5.26. The minimum Gasteiger partial charge on any atom is -0.312 e. The lowest BCUT2D eigenvalue weighted by Crippen LogP contribution is -2.13. The first-order valence-electron chi connectivity index (χ1n) is 8.28. The molecule has 1 N–H and O–H groups in total. The van der Waals surface area contributed by atoms with E-state index in [1.165, 1.54) is 72.9 Å². The van der Waals surface area contributed by atoms with E-state index in [4.69, 9.17) is 0 Å². The van der Waals surface area contributed by atoms with E-state index in [-0.39, 0.29) is 0 Å². The topological polar surface area (TPSA) is 12.0 Å². The van der Waals surface area contributed by atoms with Crippen LogP contribution < -0.4 is 5.32 Å². The Morgan fingerprint density at radius 3 is 2.05 bits per heavy atom. The van der Waals surface area contributed by atoms with Gasteiger partial charge in [0.1, 0.15) is 0 Å². The molecule has 0 unspecified atom stereocenters. The molecule has 116 valence electrons. The first kappa shape index (κ1) is 18.2. The van der Waals surface area contributed by atoms with Crippen LogP contribution in [0.2, 0.25) is 0 Å². The molecule has 0 radical (unpaired) electrons. The third-order valence-electron chi connectivity index (χ3n) is 3.64. The van der Waals surface area contributed by atoms with E-state index in [0.29, 0.717) is 0 Å². The van der Waals surface area contributed by atoms with Crippen LogP contribution in [0, 0.1) is 0 Å². The molecule has 1 rings (SSSR count). The Bertz CT molecular complexity index is 325. The number of thiophene rings is 1. The minimum absolute atomic E-state index is 1.02. The van der Waals surface area contributed by atoms with Gasteiger partial charge in [-0.1, -0.05) is 64.7 Å². The minimum atomic E-state index is 1.02. The van der Waals surface area contributed by atoms with Gasteiger partial charge in [0.05, 0.1) is 3.79 Å². The summed E-state index contributed by atoms with van der Waals surface area (Å²) in [6.45, 7) is 4.46. The highest BCUT2D eigenvalue weighted by molar-refractivity contribution is 9.11. The molecule has 0 spiro atoms. The van der Waals surface area contributed by atoms with Crippen molar-refractivity contribution in [2.45, 2.75) is 77.7 Å².